The number of fused-ring (bicyclic) bond motifs is 2. The van der Waals surface area contributed by atoms with Gasteiger partial charge in [-0.3, -0.25) is 0 Å². The van der Waals surface area contributed by atoms with Gasteiger partial charge in [0, 0.05) is 93.6 Å². The first-order valence-electron chi connectivity index (χ1n) is 20.8. The summed E-state index contributed by atoms with van der Waals surface area (Å²) >= 11 is 0. The molecule has 0 aromatic heterocycles. The highest BCUT2D eigenvalue weighted by Gasteiger charge is 2.41. The fourth-order valence-corrected chi connectivity index (χ4v) is 10.2. The van der Waals surface area contributed by atoms with E-state index in [1.54, 1.807) is 0 Å². The second-order valence-electron chi connectivity index (χ2n) is 16.9. The van der Waals surface area contributed by atoms with Gasteiger partial charge in [0.05, 0.1) is 20.2 Å². The van der Waals surface area contributed by atoms with Gasteiger partial charge in [0.1, 0.15) is 0 Å². The average molecular weight is 845 g/mol. The van der Waals surface area contributed by atoms with Crippen molar-refractivity contribution in [1.29, 1.82) is 0 Å². The van der Waals surface area contributed by atoms with Crippen LogP contribution in [-0.2, 0) is 31.1 Å². The SMILES string of the molecule is CC1(C)/C(=C\C=C2/CC/C(=C\C=C3\N(CCCCS(=O)(=O)[O-])c4ccccc4C3(C)C)C2=[N+](c2ccccc2)c2ccccc2)N(CCCCS(=O)(=O)[O-])c2ccccc21. The van der Waals surface area contributed by atoms with Crippen LogP contribution in [0, 0.1) is 0 Å². The Morgan fingerprint density at radius 2 is 0.900 bits per heavy atom. The molecule has 7 rings (SSSR count). The van der Waals surface area contributed by atoms with Gasteiger partial charge in [-0.15, -0.1) is 0 Å². The molecule has 4 aromatic rings. The lowest BCUT2D eigenvalue weighted by molar-refractivity contribution is 0.458. The molecule has 0 bridgehead atoms. The standard InChI is InChI=1S/C49H55N3O6S2/c1-48(2)41-23-11-13-25-43(41)50(33-15-17-35-59(53,54)55)45(48)31-29-37-27-28-38(47(37)52(39-19-7-5-8-20-39)40-21-9-6-10-22-40)30-32-46-49(3,4)42-24-12-14-26-44(42)51(46)34-16-18-36-60(56,57)58/h5-14,19-26,29-32H,15-18,27-28,33-36H2,1-4H3,(H-,53,54,55,56,57,58)/p-1. The maximum atomic E-state index is 11.4. The fourth-order valence-electron chi connectivity index (χ4n) is 9.11. The van der Waals surface area contributed by atoms with Crippen LogP contribution < -0.4 is 14.4 Å². The zero-order chi connectivity index (χ0) is 42.7. The minimum atomic E-state index is -4.29. The number of hydrogen-bond donors (Lipinski definition) is 0. The largest absolute Gasteiger partial charge is 0.748 e. The number of allylic oxidation sites excluding steroid dienone is 8. The summed E-state index contributed by atoms with van der Waals surface area (Å²) in [5, 5.41) is 0. The summed E-state index contributed by atoms with van der Waals surface area (Å²) in [6.07, 6.45) is 12.3. The molecule has 9 nitrogen and oxygen atoms in total. The first kappa shape index (κ1) is 43.0. The third-order valence-corrected chi connectivity index (χ3v) is 13.6. The van der Waals surface area contributed by atoms with Crippen LogP contribution in [0.1, 0.15) is 77.3 Å². The summed E-state index contributed by atoms with van der Waals surface area (Å²) in [5.74, 6) is -0.750. The van der Waals surface area contributed by atoms with Gasteiger partial charge in [-0.2, -0.15) is 4.58 Å². The van der Waals surface area contributed by atoms with E-state index in [9.17, 15) is 25.9 Å². The van der Waals surface area contributed by atoms with E-state index in [-0.39, 0.29) is 22.3 Å². The molecule has 1 saturated carbocycles. The van der Waals surface area contributed by atoms with Gasteiger partial charge < -0.3 is 18.9 Å². The molecule has 0 spiro atoms. The van der Waals surface area contributed by atoms with Crippen molar-refractivity contribution >= 4 is 48.7 Å². The molecule has 60 heavy (non-hydrogen) atoms. The van der Waals surface area contributed by atoms with E-state index in [2.05, 4.69) is 151 Å². The van der Waals surface area contributed by atoms with Crippen molar-refractivity contribution in [3.8, 4) is 0 Å². The van der Waals surface area contributed by atoms with Crippen molar-refractivity contribution in [3.05, 3.63) is 167 Å². The van der Waals surface area contributed by atoms with Crippen LogP contribution in [0.25, 0.3) is 0 Å². The van der Waals surface area contributed by atoms with E-state index in [4.69, 9.17) is 0 Å². The Morgan fingerprint density at radius 3 is 1.28 bits per heavy atom. The monoisotopic (exact) mass is 844 g/mol. The molecular formula is C49H54N3O6S2-. The van der Waals surface area contributed by atoms with Crippen molar-refractivity contribution in [2.75, 3.05) is 34.4 Å². The summed E-state index contributed by atoms with van der Waals surface area (Å²) in [5.41, 5.74) is 11.6. The van der Waals surface area contributed by atoms with Crippen LogP contribution in [0.4, 0.5) is 22.7 Å². The van der Waals surface area contributed by atoms with Crippen molar-refractivity contribution in [2.24, 2.45) is 0 Å². The Kier molecular flexibility index (Phi) is 12.5. The summed E-state index contributed by atoms with van der Waals surface area (Å²) in [4.78, 5) is 4.57. The molecule has 0 N–H and O–H groups in total. The molecule has 2 heterocycles. The average Bonchev–Trinajstić information content (AvgIpc) is 3.78. The molecule has 0 atom stereocenters. The highest BCUT2D eigenvalue weighted by Crippen LogP contribution is 2.49. The Balaban J connectivity index is 1.35. The van der Waals surface area contributed by atoms with E-state index in [0.717, 1.165) is 52.7 Å². The van der Waals surface area contributed by atoms with Gasteiger partial charge in [0.25, 0.3) is 0 Å². The van der Waals surface area contributed by atoms with Gasteiger partial charge in [0.15, 0.2) is 0 Å². The smallest absolute Gasteiger partial charge is 0.218 e. The van der Waals surface area contributed by atoms with Gasteiger partial charge >= 0.3 is 0 Å². The fraction of sp³-hybridized carbons (Fsp3) is 0.327. The highest BCUT2D eigenvalue weighted by molar-refractivity contribution is 7.85. The van der Waals surface area contributed by atoms with Crippen LogP contribution >= 0.6 is 0 Å². The predicted octanol–water partition coefficient (Wildman–Crippen LogP) is 9.62. The third-order valence-electron chi connectivity index (χ3n) is 12.1. The van der Waals surface area contributed by atoms with Crippen LogP contribution in [0.3, 0.4) is 0 Å². The number of benzene rings is 4. The molecule has 0 radical (unpaired) electrons. The minimum Gasteiger partial charge on any atom is -0.748 e. The Bertz CT molecular complexity index is 2430. The van der Waals surface area contributed by atoms with Crippen LogP contribution in [0.5, 0.6) is 0 Å². The molecule has 314 valence electrons. The van der Waals surface area contributed by atoms with E-state index < -0.39 is 20.2 Å². The van der Waals surface area contributed by atoms with Gasteiger partial charge in [-0.05, 0) is 73.9 Å². The molecule has 1 fully saturated rings. The zero-order valence-corrected chi connectivity index (χ0v) is 36.5. The third kappa shape index (κ3) is 9.29. The first-order valence-corrected chi connectivity index (χ1v) is 23.9. The first-order chi connectivity index (χ1) is 28.6. The van der Waals surface area contributed by atoms with Crippen molar-refractivity contribution in [3.63, 3.8) is 0 Å². The zero-order valence-electron chi connectivity index (χ0n) is 34.9. The second kappa shape index (κ2) is 17.5. The topological polar surface area (TPSA) is 124 Å². The second-order valence-corrected chi connectivity index (χ2v) is 19.9. The number of anilines is 2. The molecule has 3 aliphatic rings. The number of para-hydroxylation sites is 4. The van der Waals surface area contributed by atoms with Crippen LogP contribution in [-0.4, -0.2) is 56.2 Å². The number of unbranched alkanes of at least 4 members (excludes halogenated alkanes) is 2. The van der Waals surface area contributed by atoms with E-state index in [1.807, 2.05) is 24.3 Å². The Hall–Kier alpha value is -5.07. The van der Waals surface area contributed by atoms with Gasteiger partial charge in [0.2, 0.25) is 17.1 Å². The molecule has 4 aromatic carbocycles. The van der Waals surface area contributed by atoms with Crippen molar-refractivity contribution in [2.45, 2.75) is 77.0 Å². The quantitative estimate of drug-likeness (QED) is 0.0699. The minimum absolute atomic E-state index is 0.297. The van der Waals surface area contributed by atoms with Crippen LogP contribution in [0.2, 0.25) is 0 Å². The normalized spacial score (nSPS) is 19.8. The number of hydrogen-bond acceptors (Lipinski definition) is 8. The lowest BCUT2D eigenvalue weighted by atomic mass is 9.83. The Morgan fingerprint density at radius 1 is 0.533 bits per heavy atom. The summed E-state index contributed by atoms with van der Waals surface area (Å²) in [7, 11) is -8.58. The van der Waals surface area contributed by atoms with E-state index in [1.165, 1.54) is 22.3 Å². The summed E-state index contributed by atoms with van der Waals surface area (Å²) in [6.45, 7) is 10.1. The molecule has 0 saturated heterocycles. The Labute approximate surface area is 356 Å². The lowest BCUT2D eigenvalue weighted by Gasteiger charge is -2.27. The van der Waals surface area contributed by atoms with Crippen molar-refractivity contribution < 1.29 is 25.9 Å². The van der Waals surface area contributed by atoms with Crippen molar-refractivity contribution in [1.82, 2.24) is 4.58 Å². The molecular weight excluding hydrogens is 791 g/mol. The highest BCUT2D eigenvalue weighted by atomic mass is 32.2. The summed E-state index contributed by atoms with van der Waals surface area (Å²) in [6, 6.07) is 37.5. The summed E-state index contributed by atoms with van der Waals surface area (Å²) < 4.78 is 70.9. The molecule has 0 unspecified atom stereocenters. The maximum absolute atomic E-state index is 11.4. The van der Waals surface area contributed by atoms with E-state index >= 15 is 0 Å². The number of rotatable bonds is 14. The lowest BCUT2D eigenvalue weighted by Crippen LogP contribution is -2.27. The van der Waals surface area contributed by atoms with Gasteiger partial charge in [-0.1, -0.05) is 113 Å². The molecule has 1 aliphatic carbocycles. The van der Waals surface area contributed by atoms with E-state index in [0.29, 0.717) is 38.8 Å². The molecule has 2 aliphatic heterocycles. The molecule has 11 heteroatoms. The van der Waals surface area contributed by atoms with Crippen LogP contribution in [0.15, 0.2) is 156 Å². The predicted molar refractivity (Wildman–Crippen MR) is 242 cm³/mol. The molecule has 0 amide bonds. The number of nitrogens with zero attached hydrogens (tertiary/aromatic N) is 3. The van der Waals surface area contributed by atoms with Gasteiger partial charge in [-0.25, -0.2) is 16.8 Å². The maximum Gasteiger partial charge on any atom is 0.218 e.